The van der Waals surface area contributed by atoms with Crippen LogP contribution in [0.4, 0.5) is 0 Å². The maximum atomic E-state index is 11.1. The van der Waals surface area contributed by atoms with Crippen LogP contribution < -0.4 is 5.32 Å². The summed E-state index contributed by atoms with van der Waals surface area (Å²) in [5, 5.41) is 2.81. The highest BCUT2D eigenvalue weighted by molar-refractivity contribution is 5.84. The Balaban J connectivity index is 2.65. The van der Waals surface area contributed by atoms with Crippen molar-refractivity contribution in [3.63, 3.8) is 0 Å². The lowest BCUT2D eigenvalue weighted by molar-refractivity contribution is -0.126. The number of allylic oxidation sites excluding steroid dienone is 1. The topological polar surface area (TPSA) is 29.1 Å². The molecule has 0 radical (unpaired) electrons. The molecule has 10 heavy (non-hydrogen) atoms. The lowest BCUT2D eigenvalue weighted by Gasteiger charge is -2.16. The van der Waals surface area contributed by atoms with E-state index in [1.54, 1.807) is 0 Å². The molecule has 0 aliphatic carbocycles. The van der Waals surface area contributed by atoms with Gasteiger partial charge in [0.15, 0.2) is 0 Å². The van der Waals surface area contributed by atoms with Crippen molar-refractivity contribution in [1.82, 2.24) is 5.32 Å². The van der Waals surface area contributed by atoms with Crippen LogP contribution in [0, 0.1) is 5.41 Å². The molecule has 0 aromatic carbocycles. The molecule has 2 heteroatoms. The summed E-state index contributed by atoms with van der Waals surface area (Å²) in [5.41, 5.74) is -0.165. The highest BCUT2D eigenvalue weighted by atomic mass is 16.2. The van der Waals surface area contributed by atoms with Crippen LogP contribution in [-0.2, 0) is 4.79 Å². The molecule has 56 valence electrons. The van der Waals surface area contributed by atoms with Crippen molar-refractivity contribution in [3.8, 4) is 0 Å². The van der Waals surface area contributed by atoms with Gasteiger partial charge in [0.05, 0.1) is 5.41 Å². The molecule has 0 spiro atoms. The molecule has 0 aromatic rings. The number of nitrogens with one attached hydrogen (secondary N) is 1. The number of rotatable bonds is 2. The summed E-state index contributed by atoms with van der Waals surface area (Å²) in [7, 11) is 0. The molecule has 1 N–H and O–H groups in total. The second kappa shape index (κ2) is 2.45. The molecule has 2 nitrogen and oxygen atoms in total. The summed E-state index contributed by atoms with van der Waals surface area (Å²) in [5.74, 6) is 0.174. The van der Waals surface area contributed by atoms with E-state index in [1.165, 1.54) is 0 Å². The molecule has 1 atom stereocenters. The molecule has 1 rings (SSSR count). The fraction of sp³-hybridized carbons (Fsp3) is 0.625. The van der Waals surface area contributed by atoms with E-state index in [4.69, 9.17) is 0 Å². The number of carbonyl (C=O) groups excluding carboxylic acids is 1. The first-order valence-electron chi connectivity index (χ1n) is 3.58. The van der Waals surface area contributed by atoms with Gasteiger partial charge in [-0.25, -0.2) is 0 Å². The molecular formula is C8H13NO. The van der Waals surface area contributed by atoms with E-state index in [-0.39, 0.29) is 11.3 Å². The molecule has 1 aliphatic rings. The van der Waals surface area contributed by atoms with Crippen LogP contribution in [-0.4, -0.2) is 12.5 Å². The van der Waals surface area contributed by atoms with Crippen molar-refractivity contribution in [1.29, 1.82) is 0 Å². The van der Waals surface area contributed by atoms with E-state index in [2.05, 4.69) is 11.9 Å². The largest absolute Gasteiger partial charge is 0.356 e. The summed E-state index contributed by atoms with van der Waals surface area (Å²) in [6.45, 7) is 6.43. The third-order valence-corrected chi connectivity index (χ3v) is 2.11. The van der Waals surface area contributed by atoms with Gasteiger partial charge in [-0.1, -0.05) is 13.0 Å². The Hall–Kier alpha value is -0.790. The van der Waals surface area contributed by atoms with Gasteiger partial charge in [-0.05, 0) is 12.8 Å². The third kappa shape index (κ3) is 1.06. The quantitative estimate of drug-likeness (QED) is 0.570. The van der Waals surface area contributed by atoms with Crippen LogP contribution in [0.25, 0.3) is 0 Å². The minimum atomic E-state index is -0.165. The Morgan fingerprint density at radius 2 is 2.60 bits per heavy atom. The van der Waals surface area contributed by atoms with E-state index in [0.717, 1.165) is 19.4 Å². The molecule has 0 aromatic heterocycles. The van der Waals surface area contributed by atoms with Crippen LogP contribution in [0.5, 0.6) is 0 Å². The first-order valence-corrected chi connectivity index (χ1v) is 3.58. The normalized spacial score (nSPS) is 31.9. The Morgan fingerprint density at radius 3 is 3.00 bits per heavy atom. The van der Waals surface area contributed by atoms with Crippen LogP contribution in [0.2, 0.25) is 0 Å². The lowest BCUT2D eigenvalue weighted by Crippen LogP contribution is -2.27. The van der Waals surface area contributed by atoms with E-state index in [0.29, 0.717) is 0 Å². The van der Waals surface area contributed by atoms with E-state index < -0.39 is 0 Å². The molecule has 0 saturated carbocycles. The van der Waals surface area contributed by atoms with Crippen molar-refractivity contribution in [2.45, 2.75) is 19.8 Å². The van der Waals surface area contributed by atoms with Gasteiger partial charge < -0.3 is 5.32 Å². The van der Waals surface area contributed by atoms with E-state index in [1.807, 2.05) is 13.0 Å². The zero-order valence-electron chi connectivity index (χ0n) is 6.31. The monoisotopic (exact) mass is 139 g/mol. The van der Waals surface area contributed by atoms with Gasteiger partial charge >= 0.3 is 0 Å². The number of carbonyl (C=O) groups is 1. The smallest absolute Gasteiger partial charge is 0.226 e. The van der Waals surface area contributed by atoms with E-state index in [9.17, 15) is 4.79 Å². The average Bonchev–Trinajstić information content (AvgIpc) is 2.15. The standard InChI is InChI=1S/C8H13NO/c1-3-4-8(2)5-6-9-7(8)10/h3H,1,4-6H2,2H3,(H,9,10). The molecular weight excluding hydrogens is 126 g/mol. The SMILES string of the molecule is C=CCC1(C)CCNC1=O. The summed E-state index contributed by atoms with van der Waals surface area (Å²) in [4.78, 5) is 11.1. The molecule has 1 heterocycles. The minimum absolute atomic E-state index is 0.165. The Labute approximate surface area is 61.3 Å². The fourth-order valence-electron chi connectivity index (χ4n) is 1.29. The van der Waals surface area contributed by atoms with Gasteiger partial charge in [0.1, 0.15) is 0 Å². The second-order valence-electron chi connectivity index (χ2n) is 3.06. The predicted molar refractivity (Wildman–Crippen MR) is 40.5 cm³/mol. The summed E-state index contributed by atoms with van der Waals surface area (Å²) in [6.07, 6.45) is 3.54. The highest BCUT2D eigenvalue weighted by Crippen LogP contribution is 2.29. The number of hydrogen-bond donors (Lipinski definition) is 1. The fourth-order valence-corrected chi connectivity index (χ4v) is 1.29. The number of hydrogen-bond acceptors (Lipinski definition) is 1. The van der Waals surface area contributed by atoms with Crippen LogP contribution >= 0.6 is 0 Å². The highest BCUT2D eigenvalue weighted by Gasteiger charge is 2.35. The number of amides is 1. The van der Waals surface area contributed by atoms with Gasteiger partial charge in [0.25, 0.3) is 0 Å². The van der Waals surface area contributed by atoms with E-state index >= 15 is 0 Å². The molecule has 1 aliphatic heterocycles. The van der Waals surface area contributed by atoms with Gasteiger partial charge in [-0.2, -0.15) is 0 Å². The Morgan fingerprint density at radius 1 is 1.90 bits per heavy atom. The summed E-state index contributed by atoms with van der Waals surface area (Å²) < 4.78 is 0. The lowest BCUT2D eigenvalue weighted by atomic mass is 9.85. The van der Waals surface area contributed by atoms with Crippen molar-refractivity contribution in [3.05, 3.63) is 12.7 Å². The maximum Gasteiger partial charge on any atom is 0.226 e. The van der Waals surface area contributed by atoms with Gasteiger partial charge in [0, 0.05) is 6.54 Å². The molecule has 1 unspecified atom stereocenters. The van der Waals surface area contributed by atoms with Crippen LogP contribution in [0.3, 0.4) is 0 Å². The third-order valence-electron chi connectivity index (χ3n) is 2.11. The Bertz CT molecular complexity index is 165. The average molecular weight is 139 g/mol. The van der Waals surface area contributed by atoms with Crippen molar-refractivity contribution >= 4 is 5.91 Å². The Kier molecular flexibility index (Phi) is 1.79. The maximum absolute atomic E-state index is 11.1. The van der Waals surface area contributed by atoms with Gasteiger partial charge in [0.2, 0.25) is 5.91 Å². The summed E-state index contributed by atoms with van der Waals surface area (Å²) >= 11 is 0. The van der Waals surface area contributed by atoms with Crippen molar-refractivity contribution in [2.75, 3.05) is 6.54 Å². The summed E-state index contributed by atoms with van der Waals surface area (Å²) in [6, 6.07) is 0. The van der Waals surface area contributed by atoms with Crippen molar-refractivity contribution < 1.29 is 4.79 Å². The van der Waals surface area contributed by atoms with Crippen LogP contribution in [0.15, 0.2) is 12.7 Å². The zero-order chi connectivity index (χ0) is 7.61. The molecule has 1 saturated heterocycles. The molecule has 0 bridgehead atoms. The van der Waals surface area contributed by atoms with Crippen LogP contribution in [0.1, 0.15) is 19.8 Å². The molecule has 1 fully saturated rings. The first-order chi connectivity index (χ1) is 4.69. The van der Waals surface area contributed by atoms with Gasteiger partial charge in [-0.3, -0.25) is 4.79 Å². The first kappa shape index (κ1) is 7.32. The predicted octanol–water partition coefficient (Wildman–Crippen LogP) is 1.09. The minimum Gasteiger partial charge on any atom is -0.356 e. The van der Waals surface area contributed by atoms with Crippen molar-refractivity contribution in [2.24, 2.45) is 5.41 Å². The molecule has 1 amide bonds. The zero-order valence-corrected chi connectivity index (χ0v) is 6.31. The van der Waals surface area contributed by atoms with Gasteiger partial charge in [-0.15, -0.1) is 6.58 Å². The second-order valence-corrected chi connectivity index (χ2v) is 3.06.